The van der Waals surface area contributed by atoms with Gasteiger partial charge in [0.25, 0.3) is 0 Å². The molecule has 0 aliphatic carbocycles. The van der Waals surface area contributed by atoms with Crippen LogP contribution in [0, 0.1) is 0 Å². The molecule has 404 valence electrons. The van der Waals surface area contributed by atoms with E-state index in [9.17, 15) is 40.5 Å². The maximum absolute atomic E-state index is 13.0. The summed E-state index contributed by atoms with van der Waals surface area (Å²) < 4.78 is 34.3. The van der Waals surface area contributed by atoms with E-state index in [1.54, 1.807) is 0 Å². The third-order valence-corrected chi connectivity index (χ3v) is 12.4. The summed E-state index contributed by atoms with van der Waals surface area (Å²) in [6, 6.07) is 0. The van der Waals surface area contributed by atoms with Gasteiger partial charge in [0.2, 0.25) is 0 Å². The van der Waals surface area contributed by atoms with Crippen molar-refractivity contribution in [2.75, 3.05) is 33.0 Å². The Balaban J connectivity index is 1.74. The van der Waals surface area contributed by atoms with E-state index in [0.717, 1.165) is 89.9 Å². The lowest BCUT2D eigenvalue weighted by atomic mass is 9.98. The van der Waals surface area contributed by atoms with Crippen molar-refractivity contribution in [3.63, 3.8) is 0 Å². The average molecular weight is 993 g/mol. The lowest BCUT2D eigenvalue weighted by Crippen LogP contribution is -2.61. The summed E-state index contributed by atoms with van der Waals surface area (Å²) in [4.78, 5) is 13.0. The molecular weight excluding hydrogens is 897 g/mol. The average Bonchev–Trinajstić information content (AvgIpc) is 3.36. The Morgan fingerprint density at radius 3 is 1.47 bits per heavy atom. The molecule has 0 spiro atoms. The number of allylic oxidation sites excluding steroid dienone is 12. The minimum atomic E-state index is -1.71. The number of unbranched alkanes of at least 4 members (excludes halogenated alkanes) is 16. The summed E-state index contributed by atoms with van der Waals surface area (Å²) in [5, 5.41) is 72.2. The van der Waals surface area contributed by atoms with E-state index in [0.29, 0.717) is 13.0 Å². The second-order valence-electron chi connectivity index (χ2n) is 18.7. The van der Waals surface area contributed by atoms with E-state index in [-0.39, 0.29) is 19.6 Å². The van der Waals surface area contributed by atoms with Crippen LogP contribution < -0.4 is 0 Å². The highest BCUT2D eigenvalue weighted by atomic mass is 16.7. The van der Waals surface area contributed by atoms with Crippen LogP contribution in [-0.2, 0) is 33.2 Å². The van der Waals surface area contributed by atoms with Crippen molar-refractivity contribution in [2.45, 2.75) is 242 Å². The summed E-state index contributed by atoms with van der Waals surface area (Å²) in [6.07, 6.45) is 36.7. The van der Waals surface area contributed by atoms with Gasteiger partial charge in [-0.15, -0.1) is 0 Å². The van der Waals surface area contributed by atoms with Gasteiger partial charge in [-0.25, -0.2) is 0 Å². The highest BCUT2D eigenvalue weighted by molar-refractivity contribution is 5.69. The number of hydrogen-bond donors (Lipinski definition) is 7. The molecule has 14 nitrogen and oxygen atoms in total. The Morgan fingerprint density at radius 1 is 0.486 bits per heavy atom. The van der Waals surface area contributed by atoms with Crippen molar-refractivity contribution in [1.29, 1.82) is 0 Å². The molecule has 11 atom stereocenters. The number of carbonyl (C=O) groups is 1. The van der Waals surface area contributed by atoms with Crippen LogP contribution in [0.1, 0.15) is 174 Å². The highest BCUT2D eigenvalue weighted by Crippen LogP contribution is 2.26. The molecule has 2 fully saturated rings. The molecule has 0 aromatic carbocycles. The van der Waals surface area contributed by atoms with Crippen LogP contribution in [0.3, 0.4) is 0 Å². The number of rotatable bonds is 42. The van der Waals surface area contributed by atoms with E-state index in [2.05, 4.69) is 86.8 Å². The van der Waals surface area contributed by atoms with Crippen LogP contribution in [0.25, 0.3) is 0 Å². The fourth-order valence-electron chi connectivity index (χ4n) is 8.07. The minimum absolute atomic E-state index is 0.0492. The summed E-state index contributed by atoms with van der Waals surface area (Å²) in [6.45, 7) is 3.51. The molecule has 0 aromatic rings. The molecule has 2 heterocycles. The van der Waals surface area contributed by atoms with E-state index in [1.807, 2.05) is 0 Å². The van der Waals surface area contributed by atoms with Crippen molar-refractivity contribution in [3.8, 4) is 0 Å². The molecule has 0 bridgehead atoms. The van der Waals surface area contributed by atoms with Gasteiger partial charge >= 0.3 is 5.97 Å². The highest BCUT2D eigenvalue weighted by Gasteiger charge is 2.47. The van der Waals surface area contributed by atoms with Gasteiger partial charge < -0.3 is 64.2 Å². The molecule has 0 aromatic heterocycles. The predicted octanol–water partition coefficient (Wildman–Crippen LogP) is 8.68. The summed E-state index contributed by atoms with van der Waals surface area (Å²) in [5.74, 6) is -0.392. The second kappa shape index (κ2) is 42.9. The smallest absolute Gasteiger partial charge is 0.306 e. The lowest BCUT2D eigenvalue weighted by molar-refractivity contribution is -0.332. The Kier molecular flexibility index (Phi) is 38.9. The molecular formula is C56H96O14. The maximum atomic E-state index is 13.0. The molecule has 14 heteroatoms. The van der Waals surface area contributed by atoms with Crippen molar-refractivity contribution >= 4 is 5.97 Å². The van der Waals surface area contributed by atoms with Crippen LogP contribution in [-0.4, -0.2) is 142 Å². The molecule has 2 aliphatic rings. The zero-order valence-corrected chi connectivity index (χ0v) is 43.0. The number of aliphatic hydroxyl groups is 7. The van der Waals surface area contributed by atoms with Crippen LogP contribution in [0.4, 0.5) is 0 Å². The molecule has 2 saturated heterocycles. The van der Waals surface area contributed by atoms with Gasteiger partial charge in [-0.2, -0.15) is 0 Å². The van der Waals surface area contributed by atoms with Gasteiger partial charge in [-0.05, 0) is 83.5 Å². The topological polar surface area (TPSA) is 214 Å². The van der Waals surface area contributed by atoms with Gasteiger partial charge in [-0.3, -0.25) is 4.79 Å². The number of aliphatic hydroxyl groups excluding tert-OH is 7. The van der Waals surface area contributed by atoms with Gasteiger partial charge in [-0.1, -0.05) is 157 Å². The molecule has 0 amide bonds. The number of esters is 1. The molecule has 70 heavy (non-hydrogen) atoms. The van der Waals surface area contributed by atoms with E-state index < -0.39 is 86.7 Å². The fraction of sp³-hybridized carbons (Fsp3) is 0.768. The number of ether oxygens (including phenoxy) is 6. The van der Waals surface area contributed by atoms with Gasteiger partial charge in [0, 0.05) is 13.0 Å². The van der Waals surface area contributed by atoms with Crippen LogP contribution in [0.5, 0.6) is 0 Å². The maximum Gasteiger partial charge on any atom is 0.306 e. The quantitative estimate of drug-likeness (QED) is 0.0173. The molecule has 2 aliphatic heterocycles. The third-order valence-electron chi connectivity index (χ3n) is 12.4. The first-order valence-electron chi connectivity index (χ1n) is 27.0. The monoisotopic (exact) mass is 993 g/mol. The minimum Gasteiger partial charge on any atom is -0.457 e. The summed E-state index contributed by atoms with van der Waals surface area (Å²) in [7, 11) is 0. The third kappa shape index (κ3) is 29.8. The largest absolute Gasteiger partial charge is 0.457 e. The van der Waals surface area contributed by atoms with Crippen LogP contribution in [0.2, 0.25) is 0 Å². The first-order chi connectivity index (χ1) is 34.1. The van der Waals surface area contributed by atoms with Crippen LogP contribution >= 0.6 is 0 Å². The van der Waals surface area contributed by atoms with E-state index in [4.69, 9.17) is 28.4 Å². The van der Waals surface area contributed by atoms with Gasteiger partial charge in [0.15, 0.2) is 12.6 Å². The molecule has 0 radical (unpaired) electrons. The van der Waals surface area contributed by atoms with E-state index in [1.165, 1.54) is 57.8 Å². The second-order valence-corrected chi connectivity index (χ2v) is 18.7. The predicted molar refractivity (Wildman–Crippen MR) is 275 cm³/mol. The van der Waals surface area contributed by atoms with Crippen molar-refractivity contribution in [1.82, 2.24) is 0 Å². The van der Waals surface area contributed by atoms with Crippen molar-refractivity contribution in [3.05, 3.63) is 72.9 Å². The zero-order valence-electron chi connectivity index (χ0n) is 43.0. The first kappa shape index (κ1) is 63.5. The molecule has 0 saturated carbocycles. The zero-order chi connectivity index (χ0) is 50.9. The normalized spacial score (nSPS) is 26.1. The first-order valence-corrected chi connectivity index (χ1v) is 27.0. The van der Waals surface area contributed by atoms with Crippen LogP contribution in [0.15, 0.2) is 72.9 Å². The summed E-state index contributed by atoms with van der Waals surface area (Å²) >= 11 is 0. The Morgan fingerprint density at radius 2 is 0.929 bits per heavy atom. The Bertz CT molecular complexity index is 1430. The number of carbonyl (C=O) groups excluding carboxylic acids is 1. The van der Waals surface area contributed by atoms with E-state index >= 15 is 0 Å². The summed E-state index contributed by atoms with van der Waals surface area (Å²) in [5.41, 5.74) is 0. The molecule has 11 unspecified atom stereocenters. The Hall–Kier alpha value is -2.57. The van der Waals surface area contributed by atoms with Gasteiger partial charge in [0.05, 0.1) is 26.4 Å². The fourth-order valence-corrected chi connectivity index (χ4v) is 8.07. The number of hydrogen-bond acceptors (Lipinski definition) is 14. The molecule has 2 rings (SSSR count). The Labute approximate surface area is 421 Å². The van der Waals surface area contributed by atoms with Crippen molar-refractivity contribution < 1.29 is 69.0 Å². The van der Waals surface area contributed by atoms with Crippen molar-refractivity contribution in [2.24, 2.45) is 0 Å². The lowest BCUT2D eigenvalue weighted by Gasteiger charge is -2.42. The van der Waals surface area contributed by atoms with Gasteiger partial charge in [0.1, 0.15) is 54.9 Å². The standard InChI is InChI=1S/C56H96O14/c1-3-5-7-9-11-13-15-17-18-19-20-21-22-23-24-25-26-27-29-31-33-35-37-39-48(58)68-45(42-65-40-38-36-34-32-30-28-16-14-12-10-8-6-4-2)43-66-55-54(64)52(62)50(60)47(70-55)44-67-56-53(63)51(61)49(59)46(41-57)69-56/h5,7,11-14,17-18,20-21,23-24,45-47,49-57,59-64H,3-4,6,8-10,15-16,19,22,25-44H2,1-2H3/b7-5-,13-11-,14-12-,18-17-,21-20-,24-23-. The molecule has 7 N–H and O–H groups in total. The SMILES string of the molecule is CC/C=C\C/C=C\C/C=C\C/C=C\C/C=C\CCCCCCCCCC(=O)OC(COCCCCCCCC/C=C\CCCCC)COC1OC(COC2OC(CO)C(O)C(O)C2O)C(O)C(O)C1O.